The monoisotopic (exact) mass is 313 g/mol. The van der Waals surface area contributed by atoms with Gasteiger partial charge >= 0.3 is 0 Å². The van der Waals surface area contributed by atoms with Crippen molar-refractivity contribution >= 4 is 5.69 Å². The topological polar surface area (TPSA) is 30.9 Å². The van der Waals surface area contributed by atoms with E-state index in [9.17, 15) is 0 Å². The van der Waals surface area contributed by atoms with Gasteiger partial charge in [0.1, 0.15) is 12.4 Å². The van der Waals surface area contributed by atoms with E-state index in [0.717, 1.165) is 17.1 Å². The first kappa shape index (κ1) is 16.9. The van der Waals surface area contributed by atoms with E-state index in [4.69, 9.17) is 14.2 Å². The van der Waals surface area contributed by atoms with Crippen LogP contribution in [0, 0.1) is 0 Å². The van der Waals surface area contributed by atoms with Crippen molar-refractivity contribution in [1.82, 2.24) is 0 Å². The predicted molar refractivity (Wildman–Crippen MR) is 93.5 cm³/mol. The quantitative estimate of drug-likeness (QED) is 0.673. The standard InChI is InChI=1S/C19H23NO3/c1-15(2)20(3)16-10-11-18(19(14-16)22-13-12-21-4)23-17-8-6-5-7-9-17/h5-11,14H,1,12-13H2,2-4H3. The molecule has 23 heavy (non-hydrogen) atoms. The van der Waals surface area contributed by atoms with E-state index >= 15 is 0 Å². The summed E-state index contributed by atoms with van der Waals surface area (Å²) in [4.78, 5) is 2.00. The average Bonchev–Trinajstić information content (AvgIpc) is 2.56. The Morgan fingerprint density at radius 3 is 2.43 bits per heavy atom. The van der Waals surface area contributed by atoms with Crippen LogP contribution < -0.4 is 14.4 Å². The molecule has 2 rings (SSSR count). The molecule has 2 aromatic rings. The molecule has 0 aliphatic carbocycles. The van der Waals surface area contributed by atoms with Gasteiger partial charge in [-0.05, 0) is 31.2 Å². The summed E-state index contributed by atoms with van der Waals surface area (Å²) >= 11 is 0. The lowest BCUT2D eigenvalue weighted by molar-refractivity contribution is 0.144. The van der Waals surface area contributed by atoms with E-state index in [1.807, 2.05) is 67.4 Å². The van der Waals surface area contributed by atoms with Crippen molar-refractivity contribution in [3.63, 3.8) is 0 Å². The predicted octanol–water partition coefficient (Wildman–Crippen LogP) is 4.47. The number of allylic oxidation sites excluding steroid dienone is 1. The van der Waals surface area contributed by atoms with E-state index in [1.165, 1.54) is 0 Å². The Morgan fingerprint density at radius 1 is 1.04 bits per heavy atom. The van der Waals surface area contributed by atoms with Gasteiger partial charge in [0.2, 0.25) is 0 Å². The Balaban J connectivity index is 2.26. The molecule has 0 aromatic heterocycles. The van der Waals surface area contributed by atoms with Gasteiger partial charge in [0, 0.05) is 31.6 Å². The molecular formula is C19H23NO3. The summed E-state index contributed by atoms with van der Waals surface area (Å²) in [6.07, 6.45) is 0. The molecule has 0 saturated carbocycles. The van der Waals surface area contributed by atoms with Crippen LogP contribution in [0.1, 0.15) is 6.92 Å². The minimum atomic E-state index is 0.460. The van der Waals surface area contributed by atoms with E-state index in [1.54, 1.807) is 7.11 Å². The number of hydrogen-bond donors (Lipinski definition) is 0. The number of rotatable bonds is 8. The zero-order chi connectivity index (χ0) is 16.7. The summed E-state index contributed by atoms with van der Waals surface area (Å²) in [5.41, 5.74) is 1.94. The van der Waals surface area contributed by atoms with Crippen molar-refractivity contribution in [3.05, 3.63) is 60.8 Å². The average molecular weight is 313 g/mol. The number of para-hydroxylation sites is 1. The molecule has 4 heteroatoms. The van der Waals surface area contributed by atoms with Crippen LogP contribution in [0.3, 0.4) is 0 Å². The van der Waals surface area contributed by atoms with Gasteiger partial charge in [-0.1, -0.05) is 24.8 Å². The Labute approximate surface area is 137 Å². The highest BCUT2D eigenvalue weighted by Gasteiger charge is 2.11. The molecule has 4 nitrogen and oxygen atoms in total. The molecule has 0 fully saturated rings. The molecule has 0 spiro atoms. The Kier molecular flexibility index (Phi) is 6.06. The normalized spacial score (nSPS) is 10.2. The molecule has 0 saturated heterocycles. The highest BCUT2D eigenvalue weighted by Crippen LogP contribution is 2.35. The van der Waals surface area contributed by atoms with Gasteiger partial charge in [-0.15, -0.1) is 0 Å². The second kappa shape index (κ2) is 8.25. The van der Waals surface area contributed by atoms with Gasteiger partial charge in [-0.3, -0.25) is 0 Å². The van der Waals surface area contributed by atoms with Crippen LogP contribution in [-0.4, -0.2) is 27.4 Å². The molecule has 0 N–H and O–H groups in total. The third kappa shape index (κ3) is 4.76. The first-order chi connectivity index (χ1) is 11.1. The smallest absolute Gasteiger partial charge is 0.169 e. The Morgan fingerprint density at radius 2 is 1.78 bits per heavy atom. The van der Waals surface area contributed by atoms with E-state index in [-0.39, 0.29) is 0 Å². The third-order valence-electron chi connectivity index (χ3n) is 3.40. The van der Waals surface area contributed by atoms with Crippen LogP contribution in [0.2, 0.25) is 0 Å². The van der Waals surface area contributed by atoms with Crippen LogP contribution in [0.5, 0.6) is 17.2 Å². The summed E-state index contributed by atoms with van der Waals surface area (Å²) in [7, 11) is 3.62. The van der Waals surface area contributed by atoms with E-state index in [2.05, 4.69) is 6.58 Å². The second-order valence-electron chi connectivity index (χ2n) is 5.18. The third-order valence-corrected chi connectivity index (χ3v) is 3.40. The molecule has 0 atom stereocenters. The molecule has 122 valence electrons. The van der Waals surface area contributed by atoms with Gasteiger partial charge in [-0.2, -0.15) is 0 Å². The maximum Gasteiger partial charge on any atom is 0.169 e. The van der Waals surface area contributed by atoms with E-state index in [0.29, 0.717) is 24.7 Å². The van der Waals surface area contributed by atoms with Crippen molar-refractivity contribution in [1.29, 1.82) is 0 Å². The number of nitrogens with zero attached hydrogens (tertiary/aromatic N) is 1. The van der Waals surface area contributed by atoms with Crippen LogP contribution >= 0.6 is 0 Å². The zero-order valence-electron chi connectivity index (χ0n) is 13.9. The highest BCUT2D eigenvalue weighted by molar-refractivity contribution is 5.59. The Bertz CT molecular complexity index is 640. The summed E-state index contributed by atoms with van der Waals surface area (Å²) < 4.78 is 16.8. The molecular weight excluding hydrogens is 290 g/mol. The molecule has 0 aliphatic rings. The molecule has 0 unspecified atom stereocenters. The molecule has 0 heterocycles. The van der Waals surface area contributed by atoms with Gasteiger partial charge in [-0.25, -0.2) is 0 Å². The molecule has 0 radical (unpaired) electrons. The number of anilines is 1. The summed E-state index contributed by atoms with van der Waals surface area (Å²) in [5, 5.41) is 0. The number of methoxy groups -OCH3 is 1. The summed E-state index contributed by atoms with van der Waals surface area (Å²) in [5.74, 6) is 2.12. The van der Waals surface area contributed by atoms with Crippen molar-refractivity contribution < 1.29 is 14.2 Å². The maximum atomic E-state index is 5.93. The first-order valence-corrected chi connectivity index (χ1v) is 7.49. The molecule has 0 aliphatic heterocycles. The van der Waals surface area contributed by atoms with Gasteiger partial charge in [0.05, 0.1) is 6.61 Å². The lowest BCUT2D eigenvalue weighted by Gasteiger charge is -2.21. The fourth-order valence-corrected chi connectivity index (χ4v) is 1.97. The number of hydrogen-bond acceptors (Lipinski definition) is 4. The van der Waals surface area contributed by atoms with Gasteiger partial charge in [0.25, 0.3) is 0 Å². The van der Waals surface area contributed by atoms with Crippen LogP contribution in [0.25, 0.3) is 0 Å². The van der Waals surface area contributed by atoms with E-state index < -0.39 is 0 Å². The SMILES string of the molecule is C=C(C)N(C)c1ccc(Oc2ccccc2)c(OCCOC)c1. The fraction of sp³-hybridized carbons (Fsp3) is 0.263. The van der Waals surface area contributed by atoms with Crippen LogP contribution in [0.4, 0.5) is 5.69 Å². The lowest BCUT2D eigenvalue weighted by atomic mass is 10.2. The summed E-state index contributed by atoms with van der Waals surface area (Å²) in [6.45, 7) is 6.90. The highest BCUT2D eigenvalue weighted by atomic mass is 16.5. The lowest BCUT2D eigenvalue weighted by Crippen LogP contribution is -2.13. The Hall–Kier alpha value is -2.46. The van der Waals surface area contributed by atoms with Crippen molar-refractivity contribution in [2.45, 2.75) is 6.92 Å². The van der Waals surface area contributed by atoms with Crippen LogP contribution in [0.15, 0.2) is 60.8 Å². The van der Waals surface area contributed by atoms with Crippen molar-refractivity contribution in [2.24, 2.45) is 0 Å². The first-order valence-electron chi connectivity index (χ1n) is 7.49. The van der Waals surface area contributed by atoms with Gasteiger partial charge in [0.15, 0.2) is 11.5 Å². The number of benzene rings is 2. The second-order valence-corrected chi connectivity index (χ2v) is 5.18. The van der Waals surface area contributed by atoms with Crippen LogP contribution in [-0.2, 0) is 4.74 Å². The van der Waals surface area contributed by atoms with Crippen molar-refractivity contribution in [2.75, 3.05) is 32.3 Å². The molecule has 0 bridgehead atoms. The van der Waals surface area contributed by atoms with Crippen molar-refractivity contribution in [3.8, 4) is 17.2 Å². The molecule has 0 amide bonds. The van der Waals surface area contributed by atoms with Gasteiger partial charge < -0.3 is 19.1 Å². The largest absolute Gasteiger partial charge is 0.487 e. The molecule has 2 aromatic carbocycles. The maximum absolute atomic E-state index is 5.93. The summed E-state index contributed by atoms with van der Waals surface area (Å²) in [6, 6.07) is 15.5. The fourth-order valence-electron chi connectivity index (χ4n) is 1.97. The zero-order valence-corrected chi connectivity index (χ0v) is 13.9. The number of ether oxygens (including phenoxy) is 3. The minimum absolute atomic E-state index is 0.460. The minimum Gasteiger partial charge on any atom is -0.487 e.